The molecule has 0 aromatic carbocycles. The summed E-state index contributed by atoms with van der Waals surface area (Å²) in [5.41, 5.74) is 0.0810. The van der Waals surface area contributed by atoms with Crippen LogP contribution in [0.1, 0.15) is 72.1 Å². The lowest BCUT2D eigenvalue weighted by molar-refractivity contribution is -0.240. The molecule has 0 spiro atoms. The molecule has 0 aromatic heterocycles. The summed E-state index contributed by atoms with van der Waals surface area (Å²) < 4.78 is 90.6. The molecule has 4 aliphatic carbocycles. The minimum atomic E-state index is -5.85. The van der Waals surface area contributed by atoms with Gasteiger partial charge in [-0.15, -0.1) is 0 Å². The van der Waals surface area contributed by atoms with Crippen LogP contribution in [0.5, 0.6) is 0 Å². The molecule has 3 saturated heterocycles. The minimum absolute atomic E-state index is 0.0810. The van der Waals surface area contributed by atoms with E-state index in [0.29, 0.717) is 13.5 Å². The van der Waals surface area contributed by atoms with Crippen molar-refractivity contribution >= 4 is 34.0 Å². The summed E-state index contributed by atoms with van der Waals surface area (Å²) in [4.78, 5) is 50.7. The van der Waals surface area contributed by atoms with E-state index in [1.54, 1.807) is 13.8 Å². The number of carbonyl (C=O) groups excluding carboxylic acids is 4. The average molecular weight is 665 g/mol. The standard InChI is InChI=1S/C29H38F2O13S/c1-13(29(30,31)45(36,37)38)40-17(32)4-5-18(33)41-23-22-20(19-21(42-22)24(23)43-25(19)34)26(35)44-27(2,3)39-12-28-9-14-6-15(10-28)8-16(7-14)11-28/h13-16,19-24H,4-12H2,1-3H3,(H,36,37,38). The fraction of sp³-hybridized carbons (Fsp3) is 0.862. The smallest absolute Gasteiger partial charge is 0.405 e. The first-order valence-corrected chi connectivity index (χ1v) is 16.8. The van der Waals surface area contributed by atoms with Crippen molar-refractivity contribution in [2.24, 2.45) is 35.0 Å². The van der Waals surface area contributed by atoms with Crippen LogP contribution in [0.15, 0.2) is 0 Å². The zero-order chi connectivity index (χ0) is 32.7. The second-order valence-corrected chi connectivity index (χ2v) is 15.7. The molecule has 45 heavy (non-hydrogen) atoms. The van der Waals surface area contributed by atoms with Crippen molar-refractivity contribution in [3.8, 4) is 0 Å². The highest BCUT2D eigenvalue weighted by Gasteiger charge is 2.72. The predicted molar refractivity (Wildman–Crippen MR) is 143 cm³/mol. The molecule has 0 amide bonds. The molecule has 7 aliphatic rings. The minimum Gasteiger partial charge on any atom is -0.455 e. The second kappa shape index (κ2) is 11.1. The predicted octanol–water partition coefficient (Wildman–Crippen LogP) is 2.54. The van der Waals surface area contributed by atoms with Crippen molar-refractivity contribution in [1.82, 2.24) is 0 Å². The fourth-order valence-electron chi connectivity index (χ4n) is 8.82. The number of esters is 4. The SMILES string of the molecule is CC(OC(=O)CCC(=O)OC1C2OC(=O)C3C2OC1C3C(=O)OC(C)(C)OCC12CC3CC(CC(C3)C1)C2)C(F)(F)S(=O)(=O)O. The van der Waals surface area contributed by atoms with E-state index in [1.807, 2.05) is 0 Å². The molecule has 3 aliphatic heterocycles. The molecule has 7 fully saturated rings. The van der Waals surface area contributed by atoms with Gasteiger partial charge in [-0.1, -0.05) is 0 Å². The highest BCUT2D eigenvalue weighted by atomic mass is 32.2. The fourth-order valence-corrected chi connectivity index (χ4v) is 9.29. The maximum atomic E-state index is 13.6. The molecule has 0 radical (unpaired) electrons. The van der Waals surface area contributed by atoms with E-state index in [4.69, 9.17) is 28.2 Å². The largest absolute Gasteiger partial charge is 0.455 e. The van der Waals surface area contributed by atoms with Crippen LogP contribution in [-0.2, 0) is 57.7 Å². The van der Waals surface area contributed by atoms with E-state index >= 15 is 0 Å². The molecule has 16 heteroatoms. The van der Waals surface area contributed by atoms with E-state index in [9.17, 15) is 36.4 Å². The van der Waals surface area contributed by atoms with Crippen LogP contribution in [0, 0.1) is 35.0 Å². The van der Waals surface area contributed by atoms with Crippen molar-refractivity contribution in [3.63, 3.8) is 0 Å². The Morgan fingerprint density at radius 1 is 1.00 bits per heavy atom. The lowest BCUT2D eigenvalue weighted by atomic mass is 9.50. The highest BCUT2D eigenvalue weighted by Crippen LogP contribution is 2.60. The molecule has 4 saturated carbocycles. The van der Waals surface area contributed by atoms with Gasteiger partial charge in [-0.3, -0.25) is 23.7 Å². The molecule has 1 N–H and O–H groups in total. The molecule has 7 atom stereocenters. The topological polar surface area (TPSA) is 178 Å². The summed E-state index contributed by atoms with van der Waals surface area (Å²) in [5.74, 6) is -5.05. The molecular weight excluding hydrogens is 626 g/mol. The number of alkyl halides is 2. The number of hydrogen-bond donors (Lipinski definition) is 1. The number of halogens is 2. The van der Waals surface area contributed by atoms with Crippen molar-refractivity contribution in [1.29, 1.82) is 0 Å². The molecule has 7 unspecified atom stereocenters. The molecular formula is C29H38F2O13S. The third kappa shape index (κ3) is 5.95. The Bertz CT molecular complexity index is 1330. The Labute approximate surface area is 258 Å². The Morgan fingerprint density at radius 3 is 2.16 bits per heavy atom. The number of rotatable bonds is 12. The van der Waals surface area contributed by atoms with Crippen molar-refractivity contribution < 1.29 is 69.4 Å². The van der Waals surface area contributed by atoms with Gasteiger partial charge in [0.2, 0.25) is 5.79 Å². The molecule has 252 valence electrons. The third-order valence-corrected chi connectivity index (χ3v) is 11.4. The number of ether oxygens (including phenoxy) is 6. The Morgan fingerprint density at radius 2 is 1.58 bits per heavy atom. The van der Waals surface area contributed by atoms with Gasteiger partial charge in [0.25, 0.3) is 0 Å². The van der Waals surface area contributed by atoms with Gasteiger partial charge < -0.3 is 28.4 Å². The normalized spacial score (nSPS) is 38.6. The van der Waals surface area contributed by atoms with E-state index in [0.717, 1.165) is 37.0 Å². The maximum absolute atomic E-state index is 13.6. The van der Waals surface area contributed by atoms with E-state index in [1.165, 1.54) is 19.3 Å². The lowest BCUT2D eigenvalue weighted by Crippen LogP contribution is -2.51. The van der Waals surface area contributed by atoms with Crippen LogP contribution in [0.3, 0.4) is 0 Å². The van der Waals surface area contributed by atoms with Gasteiger partial charge in [0.1, 0.15) is 24.0 Å². The van der Waals surface area contributed by atoms with Crippen LogP contribution in [0.25, 0.3) is 0 Å². The van der Waals surface area contributed by atoms with Gasteiger partial charge in [0.05, 0.1) is 19.4 Å². The van der Waals surface area contributed by atoms with Gasteiger partial charge >= 0.3 is 39.2 Å². The molecule has 0 aromatic rings. The maximum Gasteiger partial charge on any atom is 0.405 e. The van der Waals surface area contributed by atoms with Crippen LogP contribution < -0.4 is 0 Å². The second-order valence-electron chi connectivity index (χ2n) is 14.2. The summed E-state index contributed by atoms with van der Waals surface area (Å²) in [7, 11) is -5.85. The highest BCUT2D eigenvalue weighted by molar-refractivity contribution is 7.86. The number of hydrogen-bond acceptors (Lipinski definition) is 12. The van der Waals surface area contributed by atoms with Crippen molar-refractivity contribution in [3.05, 3.63) is 0 Å². The van der Waals surface area contributed by atoms with Crippen LogP contribution >= 0.6 is 0 Å². The van der Waals surface area contributed by atoms with Crippen molar-refractivity contribution in [2.45, 2.75) is 114 Å². The number of carbonyl (C=O) groups is 4. The summed E-state index contributed by atoms with van der Waals surface area (Å²) >= 11 is 0. The zero-order valence-corrected chi connectivity index (χ0v) is 26.0. The number of fused-ring (bicyclic) bond motifs is 1. The molecule has 7 rings (SSSR count). The van der Waals surface area contributed by atoms with E-state index in [-0.39, 0.29) is 5.41 Å². The van der Waals surface area contributed by atoms with Crippen molar-refractivity contribution in [2.75, 3.05) is 6.61 Å². The molecule has 3 heterocycles. The lowest BCUT2D eigenvalue weighted by Gasteiger charge is -2.57. The summed E-state index contributed by atoms with van der Waals surface area (Å²) in [6.45, 7) is 4.31. The Hall–Kier alpha value is -2.43. The Balaban J connectivity index is 1.03. The zero-order valence-electron chi connectivity index (χ0n) is 25.1. The summed E-state index contributed by atoms with van der Waals surface area (Å²) in [6, 6.07) is 0. The van der Waals surface area contributed by atoms with Crippen LogP contribution in [0.4, 0.5) is 8.78 Å². The first-order chi connectivity index (χ1) is 20.9. The first-order valence-electron chi connectivity index (χ1n) is 15.3. The van der Waals surface area contributed by atoms with Gasteiger partial charge in [0.15, 0.2) is 18.3 Å². The van der Waals surface area contributed by atoms with Gasteiger partial charge in [-0.2, -0.15) is 17.2 Å². The van der Waals surface area contributed by atoms with Gasteiger partial charge in [-0.25, -0.2) is 0 Å². The molecule has 6 bridgehead atoms. The van der Waals surface area contributed by atoms with Crippen LogP contribution in [-0.4, -0.2) is 85.0 Å². The first kappa shape index (κ1) is 32.5. The monoisotopic (exact) mass is 664 g/mol. The quantitative estimate of drug-likeness (QED) is 0.139. The Kier molecular flexibility index (Phi) is 8.01. The third-order valence-electron chi connectivity index (χ3n) is 10.3. The van der Waals surface area contributed by atoms with E-state index < -0.39 is 100 Å². The van der Waals surface area contributed by atoms with Crippen LogP contribution in [0.2, 0.25) is 0 Å². The van der Waals surface area contributed by atoms with E-state index in [2.05, 4.69) is 4.74 Å². The average Bonchev–Trinajstić information content (AvgIpc) is 3.53. The summed E-state index contributed by atoms with van der Waals surface area (Å²) in [5, 5.41) is -4.76. The summed E-state index contributed by atoms with van der Waals surface area (Å²) in [6.07, 6.45) is -0.896. The molecule has 13 nitrogen and oxygen atoms in total. The van der Waals surface area contributed by atoms with Gasteiger partial charge in [-0.05, 0) is 68.6 Å². The van der Waals surface area contributed by atoms with Gasteiger partial charge in [0, 0.05) is 13.8 Å².